The maximum Gasteiger partial charge on any atom is 0.303 e. The number of aliphatic carboxylic acids is 1. The number of hydrogen-bond donors (Lipinski definition) is 1. The van der Waals surface area contributed by atoms with Crippen molar-refractivity contribution < 1.29 is 9.90 Å². The Hall–Kier alpha value is -1.31. The van der Waals surface area contributed by atoms with E-state index in [2.05, 4.69) is 19.1 Å². The normalized spacial score (nSPS) is 12.4. The molecule has 0 radical (unpaired) electrons. The van der Waals surface area contributed by atoms with Gasteiger partial charge in [-0.1, -0.05) is 37.3 Å². The maximum absolute atomic E-state index is 10.3. The molecule has 1 aromatic carbocycles. The van der Waals surface area contributed by atoms with Crippen LogP contribution in [-0.4, -0.2) is 11.1 Å². The third-order valence-corrected chi connectivity index (χ3v) is 2.40. The molecule has 76 valence electrons. The molecule has 1 atom stereocenters. The largest absolute Gasteiger partial charge is 0.481 e. The molecule has 1 N–H and O–H groups in total. The second-order valence-electron chi connectivity index (χ2n) is 3.60. The van der Waals surface area contributed by atoms with E-state index in [0.29, 0.717) is 5.92 Å². The predicted octanol–water partition coefficient (Wildman–Crippen LogP) is 3.05. The topological polar surface area (TPSA) is 37.3 Å². The molecule has 0 aliphatic carbocycles. The lowest BCUT2D eigenvalue weighted by Crippen LogP contribution is -1.98. The molecule has 0 saturated carbocycles. The molecular formula is C12H16O2. The molecule has 0 aromatic heterocycles. The van der Waals surface area contributed by atoms with Gasteiger partial charge in [0.15, 0.2) is 0 Å². The van der Waals surface area contributed by atoms with Crippen LogP contribution in [-0.2, 0) is 4.79 Å². The fourth-order valence-electron chi connectivity index (χ4n) is 1.51. The first-order chi connectivity index (χ1) is 6.70. The summed E-state index contributed by atoms with van der Waals surface area (Å²) < 4.78 is 0. The molecule has 0 bridgehead atoms. The first kappa shape index (κ1) is 10.8. The molecule has 2 nitrogen and oxygen atoms in total. The minimum absolute atomic E-state index is 0.275. The van der Waals surface area contributed by atoms with Crippen LogP contribution >= 0.6 is 0 Å². The van der Waals surface area contributed by atoms with Gasteiger partial charge in [-0.15, -0.1) is 0 Å². The molecule has 0 heterocycles. The van der Waals surface area contributed by atoms with Crippen LogP contribution in [0.15, 0.2) is 30.3 Å². The summed E-state index contributed by atoms with van der Waals surface area (Å²) in [6, 6.07) is 10.2. The average molecular weight is 192 g/mol. The Labute approximate surface area is 84.6 Å². The average Bonchev–Trinajstić information content (AvgIpc) is 2.18. The highest BCUT2D eigenvalue weighted by atomic mass is 16.4. The molecule has 0 fully saturated rings. The van der Waals surface area contributed by atoms with E-state index in [1.807, 2.05) is 18.2 Å². The maximum atomic E-state index is 10.3. The summed E-state index contributed by atoms with van der Waals surface area (Å²) in [6.07, 6.45) is 1.97. The quantitative estimate of drug-likeness (QED) is 0.778. The van der Waals surface area contributed by atoms with E-state index in [1.54, 1.807) is 0 Å². The smallest absolute Gasteiger partial charge is 0.303 e. The highest BCUT2D eigenvalue weighted by molar-refractivity contribution is 5.66. The van der Waals surface area contributed by atoms with Crippen LogP contribution in [0, 0.1) is 0 Å². The van der Waals surface area contributed by atoms with Crippen molar-refractivity contribution in [3.8, 4) is 0 Å². The first-order valence-corrected chi connectivity index (χ1v) is 4.97. The number of rotatable bonds is 5. The summed E-state index contributed by atoms with van der Waals surface area (Å²) in [7, 11) is 0. The summed E-state index contributed by atoms with van der Waals surface area (Å²) in [4.78, 5) is 10.3. The second kappa shape index (κ2) is 5.43. The van der Waals surface area contributed by atoms with E-state index in [9.17, 15) is 4.79 Å². The summed E-state index contributed by atoms with van der Waals surface area (Å²) in [5.41, 5.74) is 1.29. The highest BCUT2D eigenvalue weighted by Gasteiger charge is 2.05. The molecular weight excluding hydrogens is 176 g/mol. The molecule has 0 spiro atoms. The molecule has 0 saturated heterocycles. The van der Waals surface area contributed by atoms with Crippen LogP contribution in [0.1, 0.15) is 37.7 Å². The van der Waals surface area contributed by atoms with Crippen molar-refractivity contribution in [2.24, 2.45) is 0 Å². The van der Waals surface area contributed by atoms with Gasteiger partial charge in [0.05, 0.1) is 0 Å². The first-order valence-electron chi connectivity index (χ1n) is 4.97. The third kappa shape index (κ3) is 3.60. The van der Waals surface area contributed by atoms with Crippen LogP contribution in [0.3, 0.4) is 0 Å². The Morgan fingerprint density at radius 2 is 2.00 bits per heavy atom. The summed E-state index contributed by atoms with van der Waals surface area (Å²) in [6.45, 7) is 2.14. The lowest BCUT2D eigenvalue weighted by Gasteiger charge is -2.10. The highest BCUT2D eigenvalue weighted by Crippen LogP contribution is 2.20. The van der Waals surface area contributed by atoms with E-state index in [1.165, 1.54) is 5.56 Å². The van der Waals surface area contributed by atoms with E-state index in [0.717, 1.165) is 12.8 Å². The number of benzene rings is 1. The molecule has 1 rings (SSSR count). The van der Waals surface area contributed by atoms with Gasteiger partial charge in [0.2, 0.25) is 0 Å². The summed E-state index contributed by atoms with van der Waals surface area (Å²) >= 11 is 0. The number of hydrogen-bond acceptors (Lipinski definition) is 1. The van der Waals surface area contributed by atoms with Crippen LogP contribution < -0.4 is 0 Å². The minimum Gasteiger partial charge on any atom is -0.481 e. The fourth-order valence-corrected chi connectivity index (χ4v) is 1.51. The van der Waals surface area contributed by atoms with E-state index < -0.39 is 5.97 Å². The van der Waals surface area contributed by atoms with Gasteiger partial charge < -0.3 is 5.11 Å². The third-order valence-electron chi connectivity index (χ3n) is 2.40. The summed E-state index contributed by atoms with van der Waals surface area (Å²) in [5, 5.41) is 8.50. The minimum atomic E-state index is -0.703. The van der Waals surface area contributed by atoms with Crippen LogP contribution in [0.25, 0.3) is 0 Å². The molecule has 0 aliphatic heterocycles. The van der Waals surface area contributed by atoms with Gasteiger partial charge >= 0.3 is 5.97 Å². The van der Waals surface area contributed by atoms with E-state index in [-0.39, 0.29) is 6.42 Å². The van der Waals surface area contributed by atoms with Crippen molar-refractivity contribution in [2.45, 2.75) is 32.1 Å². The zero-order chi connectivity index (χ0) is 10.4. The van der Waals surface area contributed by atoms with Crippen LogP contribution in [0.2, 0.25) is 0 Å². The number of carbonyl (C=O) groups is 1. The zero-order valence-electron chi connectivity index (χ0n) is 8.44. The zero-order valence-corrected chi connectivity index (χ0v) is 8.44. The van der Waals surface area contributed by atoms with Gasteiger partial charge in [-0.05, 0) is 24.3 Å². The lowest BCUT2D eigenvalue weighted by atomic mass is 9.96. The van der Waals surface area contributed by atoms with Crippen molar-refractivity contribution in [1.82, 2.24) is 0 Å². The Morgan fingerprint density at radius 3 is 2.57 bits per heavy atom. The van der Waals surface area contributed by atoms with Crippen molar-refractivity contribution in [3.63, 3.8) is 0 Å². The van der Waals surface area contributed by atoms with Crippen molar-refractivity contribution in [3.05, 3.63) is 35.9 Å². The predicted molar refractivity (Wildman–Crippen MR) is 56.3 cm³/mol. The SMILES string of the molecule is C[C@@H](CCCC(=O)O)c1ccccc1. The number of carboxylic acids is 1. The monoisotopic (exact) mass is 192 g/mol. The van der Waals surface area contributed by atoms with Crippen LogP contribution in [0.4, 0.5) is 0 Å². The van der Waals surface area contributed by atoms with Gasteiger partial charge in [0, 0.05) is 6.42 Å². The van der Waals surface area contributed by atoms with Gasteiger partial charge in [0.1, 0.15) is 0 Å². The van der Waals surface area contributed by atoms with Gasteiger partial charge in [-0.3, -0.25) is 4.79 Å². The lowest BCUT2D eigenvalue weighted by molar-refractivity contribution is -0.137. The van der Waals surface area contributed by atoms with Crippen molar-refractivity contribution in [1.29, 1.82) is 0 Å². The molecule has 0 aliphatic rings. The van der Waals surface area contributed by atoms with Crippen molar-refractivity contribution >= 4 is 5.97 Å². The fraction of sp³-hybridized carbons (Fsp3) is 0.417. The Morgan fingerprint density at radius 1 is 1.36 bits per heavy atom. The van der Waals surface area contributed by atoms with E-state index >= 15 is 0 Å². The molecule has 1 aromatic rings. The molecule has 2 heteroatoms. The molecule has 14 heavy (non-hydrogen) atoms. The Bertz CT molecular complexity index is 280. The van der Waals surface area contributed by atoms with Gasteiger partial charge in [-0.2, -0.15) is 0 Å². The van der Waals surface area contributed by atoms with Crippen molar-refractivity contribution in [2.75, 3.05) is 0 Å². The standard InChI is InChI=1S/C12H16O2/c1-10(6-5-9-12(13)14)11-7-3-2-4-8-11/h2-4,7-8,10H,5-6,9H2,1H3,(H,13,14)/t10-/m0/s1. The van der Waals surface area contributed by atoms with Crippen LogP contribution in [0.5, 0.6) is 0 Å². The van der Waals surface area contributed by atoms with E-state index in [4.69, 9.17) is 5.11 Å². The molecule has 0 amide bonds. The number of carboxylic acid groups (broad SMARTS) is 1. The second-order valence-corrected chi connectivity index (χ2v) is 3.60. The van der Waals surface area contributed by atoms with Gasteiger partial charge in [-0.25, -0.2) is 0 Å². The summed E-state index contributed by atoms with van der Waals surface area (Å²) in [5.74, 6) is -0.249. The van der Waals surface area contributed by atoms with Gasteiger partial charge in [0.25, 0.3) is 0 Å². The Kier molecular flexibility index (Phi) is 4.17. The molecule has 0 unspecified atom stereocenters. The Balaban J connectivity index is 2.36.